The van der Waals surface area contributed by atoms with Crippen LogP contribution in [0, 0.1) is 0 Å². The molecular formula is C13H22N2O2S. The monoisotopic (exact) mass is 270 g/mol. The molecule has 102 valence electrons. The lowest BCUT2D eigenvalue weighted by atomic mass is 10.1. The maximum Gasteiger partial charge on any atom is 0.240 e. The van der Waals surface area contributed by atoms with E-state index in [-0.39, 0.29) is 5.54 Å². The molecule has 0 amide bonds. The van der Waals surface area contributed by atoms with Crippen LogP contribution in [0.25, 0.3) is 0 Å². The van der Waals surface area contributed by atoms with Crippen molar-refractivity contribution < 1.29 is 8.42 Å². The third kappa shape index (κ3) is 4.40. The molecule has 5 heteroatoms. The van der Waals surface area contributed by atoms with E-state index < -0.39 is 10.0 Å². The van der Waals surface area contributed by atoms with E-state index in [2.05, 4.69) is 30.4 Å². The third-order valence-electron chi connectivity index (χ3n) is 2.94. The summed E-state index contributed by atoms with van der Waals surface area (Å²) in [5.41, 5.74) is 0.0399. The first-order valence-corrected chi connectivity index (χ1v) is 7.48. The van der Waals surface area contributed by atoms with Crippen molar-refractivity contribution in [2.24, 2.45) is 0 Å². The number of hydrogen-bond acceptors (Lipinski definition) is 3. The summed E-state index contributed by atoms with van der Waals surface area (Å²) in [5.74, 6) is 0. The Morgan fingerprint density at radius 2 is 1.72 bits per heavy atom. The molecule has 0 heterocycles. The Balaban J connectivity index is 2.54. The second-order valence-corrected chi connectivity index (χ2v) is 7.07. The van der Waals surface area contributed by atoms with Crippen molar-refractivity contribution in [2.75, 3.05) is 20.1 Å². The number of nitrogens with zero attached hydrogens (tertiary/aromatic N) is 1. The van der Waals surface area contributed by atoms with E-state index in [4.69, 9.17) is 0 Å². The Morgan fingerprint density at radius 1 is 1.17 bits per heavy atom. The minimum Gasteiger partial charge on any atom is -0.300 e. The van der Waals surface area contributed by atoms with Crippen LogP contribution in [0.15, 0.2) is 35.2 Å². The first kappa shape index (κ1) is 15.1. The smallest absolute Gasteiger partial charge is 0.240 e. The minimum absolute atomic E-state index is 0.0399. The van der Waals surface area contributed by atoms with Crippen molar-refractivity contribution in [1.82, 2.24) is 9.62 Å². The van der Waals surface area contributed by atoms with Crippen LogP contribution >= 0.6 is 0 Å². The molecule has 0 unspecified atom stereocenters. The van der Waals surface area contributed by atoms with Crippen LogP contribution in [0.4, 0.5) is 0 Å². The number of rotatable bonds is 5. The van der Waals surface area contributed by atoms with Crippen LogP contribution in [0.1, 0.15) is 20.8 Å². The molecule has 0 saturated carbocycles. The number of sulfonamides is 1. The van der Waals surface area contributed by atoms with Crippen molar-refractivity contribution >= 4 is 10.0 Å². The molecule has 1 N–H and O–H groups in total. The molecule has 18 heavy (non-hydrogen) atoms. The van der Waals surface area contributed by atoms with Crippen molar-refractivity contribution in [3.63, 3.8) is 0 Å². The lowest BCUT2D eigenvalue weighted by molar-refractivity contribution is 0.179. The summed E-state index contributed by atoms with van der Waals surface area (Å²) in [6, 6.07) is 8.42. The van der Waals surface area contributed by atoms with Gasteiger partial charge in [0.05, 0.1) is 4.90 Å². The molecule has 1 aromatic carbocycles. The summed E-state index contributed by atoms with van der Waals surface area (Å²) in [4.78, 5) is 2.42. The average Bonchev–Trinajstić information content (AvgIpc) is 2.28. The van der Waals surface area contributed by atoms with Gasteiger partial charge in [-0.2, -0.15) is 0 Å². The number of benzene rings is 1. The first-order valence-electron chi connectivity index (χ1n) is 5.99. The fourth-order valence-electron chi connectivity index (χ4n) is 1.37. The molecule has 0 saturated heterocycles. The molecule has 0 radical (unpaired) electrons. The summed E-state index contributed by atoms with van der Waals surface area (Å²) in [6.07, 6.45) is 0. The highest BCUT2D eigenvalue weighted by Gasteiger charge is 2.18. The molecule has 0 bridgehead atoms. The zero-order chi connectivity index (χ0) is 13.8. The molecule has 0 atom stereocenters. The van der Waals surface area contributed by atoms with E-state index in [0.29, 0.717) is 18.0 Å². The predicted molar refractivity (Wildman–Crippen MR) is 74.0 cm³/mol. The average molecular weight is 270 g/mol. The van der Waals surface area contributed by atoms with E-state index in [1.165, 1.54) is 0 Å². The predicted octanol–water partition coefficient (Wildman–Crippen LogP) is 1.70. The van der Waals surface area contributed by atoms with Gasteiger partial charge in [-0.3, -0.25) is 0 Å². The van der Waals surface area contributed by atoms with Gasteiger partial charge in [0.25, 0.3) is 0 Å². The van der Waals surface area contributed by atoms with E-state index in [1.807, 2.05) is 7.05 Å². The van der Waals surface area contributed by atoms with Crippen LogP contribution < -0.4 is 4.72 Å². The zero-order valence-electron chi connectivity index (χ0n) is 11.5. The van der Waals surface area contributed by atoms with Crippen LogP contribution in [-0.4, -0.2) is 39.0 Å². The molecule has 0 aliphatic heterocycles. The van der Waals surface area contributed by atoms with Crippen LogP contribution in [-0.2, 0) is 10.0 Å². The summed E-state index contributed by atoms with van der Waals surface area (Å²) >= 11 is 0. The van der Waals surface area contributed by atoms with Gasteiger partial charge in [-0.25, -0.2) is 13.1 Å². The van der Waals surface area contributed by atoms with Crippen molar-refractivity contribution in [2.45, 2.75) is 31.2 Å². The Hall–Kier alpha value is -0.910. The number of hydrogen-bond donors (Lipinski definition) is 1. The fraction of sp³-hybridized carbons (Fsp3) is 0.538. The summed E-state index contributed by atoms with van der Waals surface area (Å²) < 4.78 is 26.5. The normalized spacial score (nSPS) is 12.9. The zero-order valence-corrected chi connectivity index (χ0v) is 12.3. The highest BCUT2D eigenvalue weighted by Crippen LogP contribution is 2.10. The summed E-state index contributed by atoms with van der Waals surface area (Å²) in [6.45, 7) is 7.37. The Morgan fingerprint density at radius 3 is 2.22 bits per heavy atom. The number of likely N-dealkylation sites (N-methyl/N-ethyl adjacent to an activating group) is 1. The topological polar surface area (TPSA) is 49.4 Å². The Kier molecular flexibility index (Phi) is 4.90. The summed E-state index contributed by atoms with van der Waals surface area (Å²) in [5, 5.41) is 0. The van der Waals surface area contributed by atoms with Gasteiger partial charge in [-0.15, -0.1) is 0 Å². The van der Waals surface area contributed by atoms with Gasteiger partial charge in [0, 0.05) is 18.6 Å². The molecular weight excluding hydrogens is 248 g/mol. The molecule has 0 aliphatic carbocycles. The molecule has 0 fully saturated rings. The highest BCUT2D eigenvalue weighted by atomic mass is 32.2. The van der Waals surface area contributed by atoms with Gasteiger partial charge in [-0.1, -0.05) is 18.2 Å². The van der Waals surface area contributed by atoms with Crippen molar-refractivity contribution in [1.29, 1.82) is 0 Å². The minimum atomic E-state index is -3.38. The Labute approximate surface area is 110 Å². The van der Waals surface area contributed by atoms with Gasteiger partial charge in [0.1, 0.15) is 0 Å². The van der Waals surface area contributed by atoms with Crippen molar-refractivity contribution in [3.8, 4) is 0 Å². The highest BCUT2D eigenvalue weighted by molar-refractivity contribution is 7.89. The molecule has 0 spiro atoms. The largest absolute Gasteiger partial charge is 0.300 e. The maximum absolute atomic E-state index is 11.9. The fourth-order valence-corrected chi connectivity index (χ4v) is 2.41. The standard InChI is InChI=1S/C13H22N2O2S/c1-13(2,3)15(4)11-10-14-18(16,17)12-8-6-5-7-9-12/h5-9,14H,10-11H2,1-4H3. The molecule has 1 aromatic rings. The Bertz CT molecular complexity index is 464. The quantitative estimate of drug-likeness (QED) is 0.886. The van der Waals surface area contributed by atoms with Gasteiger partial charge >= 0.3 is 0 Å². The van der Waals surface area contributed by atoms with Gasteiger partial charge in [0.15, 0.2) is 0 Å². The summed E-state index contributed by atoms with van der Waals surface area (Å²) in [7, 11) is -1.40. The second kappa shape index (κ2) is 5.82. The van der Waals surface area contributed by atoms with E-state index >= 15 is 0 Å². The molecule has 1 rings (SSSR count). The lowest BCUT2D eigenvalue weighted by Gasteiger charge is -2.31. The third-order valence-corrected chi connectivity index (χ3v) is 4.41. The van der Waals surface area contributed by atoms with E-state index in [0.717, 1.165) is 0 Å². The lowest BCUT2D eigenvalue weighted by Crippen LogP contribution is -2.42. The molecule has 0 aromatic heterocycles. The van der Waals surface area contributed by atoms with Crippen molar-refractivity contribution in [3.05, 3.63) is 30.3 Å². The number of nitrogens with one attached hydrogen (secondary N) is 1. The molecule has 4 nitrogen and oxygen atoms in total. The SMILES string of the molecule is CN(CCNS(=O)(=O)c1ccccc1)C(C)(C)C. The first-order chi connectivity index (χ1) is 8.23. The van der Waals surface area contributed by atoms with E-state index in [9.17, 15) is 8.42 Å². The van der Waals surface area contributed by atoms with Crippen LogP contribution in [0.3, 0.4) is 0 Å². The maximum atomic E-state index is 11.9. The second-order valence-electron chi connectivity index (χ2n) is 5.30. The van der Waals surface area contributed by atoms with Gasteiger partial charge < -0.3 is 4.90 Å². The molecule has 0 aliphatic rings. The van der Waals surface area contributed by atoms with Gasteiger partial charge in [0.2, 0.25) is 10.0 Å². The van der Waals surface area contributed by atoms with Crippen LogP contribution in [0.2, 0.25) is 0 Å². The van der Waals surface area contributed by atoms with E-state index in [1.54, 1.807) is 30.3 Å². The van der Waals surface area contributed by atoms with Gasteiger partial charge in [-0.05, 0) is 40.0 Å². The van der Waals surface area contributed by atoms with Crippen LogP contribution in [0.5, 0.6) is 0 Å².